The SMILES string of the molecule is CCCCC(NC(=O)Cc1ccc(C(=O)O)cc1)c1ccccc1N1CCCCC1. The van der Waals surface area contributed by atoms with E-state index >= 15 is 0 Å². The first-order chi connectivity index (χ1) is 14.6. The molecule has 1 aliphatic rings. The van der Waals surface area contributed by atoms with Crippen molar-refractivity contribution in [2.24, 2.45) is 0 Å². The number of carboxylic acids is 1. The van der Waals surface area contributed by atoms with Gasteiger partial charge in [-0.15, -0.1) is 0 Å². The fraction of sp³-hybridized carbons (Fsp3) is 0.440. The van der Waals surface area contributed by atoms with Crippen LogP contribution in [0.25, 0.3) is 0 Å². The van der Waals surface area contributed by atoms with Crippen molar-refractivity contribution >= 4 is 17.6 Å². The fourth-order valence-corrected chi connectivity index (χ4v) is 4.11. The molecular formula is C25H32N2O3. The van der Waals surface area contributed by atoms with E-state index in [2.05, 4.69) is 41.4 Å². The predicted molar refractivity (Wildman–Crippen MR) is 120 cm³/mol. The summed E-state index contributed by atoms with van der Waals surface area (Å²) in [4.78, 5) is 26.3. The Morgan fingerprint density at radius 2 is 1.73 bits per heavy atom. The molecule has 0 aromatic heterocycles. The van der Waals surface area contributed by atoms with Crippen molar-refractivity contribution in [3.8, 4) is 0 Å². The second-order valence-corrected chi connectivity index (χ2v) is 8.05. The lowest BCUT2D eigenvalue weighted by Crippen LogP contribution is -2.34. The summed E-state index contributed by atoms with van der Waals surface area (Å²) in [5.74, 6) is -0.993. The third kappa shape index (κ3) is 5.85. The first-order valence-electron chi connectivity index (χ1n) is 11.0. The van der Waals surface area contributed by atoms with Crippen LogP contribution < -0.4 is 10.2 Å². The van der Waals surface area contributed by atoms with Gasteiger partial charge in [-0.05, 0) is 55.0 Å². The number of aromatic carboxylic acids is 1. The molecule has 5 heteroatoms. The van der Waals surface area contributed by atoms with Gasteiger partial charge < -0.3 is 15.3 Å². The largest absolute Gasteiger partial charge is 0.478 e. The minimum atomic E-state index is -0.958. The third-order valence-corrected chi connectivity index (χ3v) is 5.76. The van der Waals surface area contributed by atoms with Crippen LogP contribution in [0.15, 0.2) is 48.5 Å². The number of hydrogen-bond acceptors (Lipinski definition) is 3. The van der Waals surface area contributed by atoms with Crippen LogP contribution in [0, 0.1) is 0 Å². The molecule has 30 heavy (non-hydrogen) atoms. The van der Waals surface area contributed by atoms with Gasteiger partial charge in [-0.1, -0.05) is 50.1 Å². The van der Waals surface area contributed by atoms with E-state index in [1.54, 1.807) is 24.3 Å². The Bertz CT molecular complexity index is 842. The number of unbranched alkanes of at least 4 members (excludes halogenated alkanes) is 1. The topological polar surface area (TPSA) is 69.6 Å². The number of carbonyl (C=O) groups excluding carboxylic acids is 1. The molecule has 3 rings (SSSR count). The highest BCUT2D eigenvalue weighted by Crippen LogP contribution is 2.31. The summed E-state index contributed by atoms with van der Waals surface area (Å²) < 4.78 is 0. The highest BCUT2D eigenvalue weighted by molar-refractivity contribution is 5.87. The molecule has 2 N–H and O–H groups in total. The maximum Gasteiger partial charge on any atom is 0.335 e. The number of nitrogens with one attached hydrogen (secondary N) is 1. The Kier molecular flexibility index (Phi) is 7.89. The average molecular weight is 409 g/mol. The van der Waals surface area contributed by atoms with Crippen LogP contribution >= 0.6 is 0 Å². The summed E-state index contributed by atoms with van der Waals surface area (Å²) in [7, 11) is 0. The zero-order chi connectivity index (χ0) is 21.3. The number of amides is 1. The van der Waals surface area contributed by atoms with Gasteiger partial charge >= 0.3 is 5.97 Å². The molecule has 5 nitrogen and oxygen atoms in total. The van der Waals surface area contributed by atoms with Crippen LogP contribution in [-0.4, -0.2) is 30.1 Å². The summed E-state index contributed by atoms with van der Waals surface area (Å²) in [5, 5.41) is 12.3. The second kappa shape index (κ2) is 10.8. The van der Waals surface area contributed by atoms with Crippen molar-refractivity contribution in [2.75, 3.05) is 18.0 Å². The van der Waals surface area contributed by atoms with Crippen LogP contribution in [0.1, 0.15) is 73.0 Å². The van der Waals surface area contributed by atoms with Gasteiger partial charge in [-0.2, -0.15) is 0 Å². The molecule has 1 heterocycles. The van der Waals surface area contributed by atoms with Crippen LogP contribution in [0.3, 0.4) is 0 Å². The summed E-state index contributed by atoms with van der Waals surface area (Å²) in [6, 6.07) is 15.0. The lowest BCUT2D eigenvalue weighted by molar-refractivity contribution is -0.121. The number of piperidine rings is 1. The van der Waals surface area contributed by atoms with Crippen LogP contribution in [0.4, 0.5) is 5.69 Å². The minimum absolute atomic E-state index is 0.0196. The van der Waals surface area contributed by atoms with Gasteiger partial charge in [-0.3, -0.25) is 4.79 Å². The van der Waals surface area contributed by atoms with Gasteiger partial charge in [-0.25, -0.2) is 4.79 Å². The molecule has 1 unspecified atom stereocenters. The second-order valence-electron chi connectivity index (χ2n) is 8.05. The van der Waals surface area contributed by atoms with Crippen LogP contribution in [0.2, 0.25) is 0 Å². The molecule has 0 bridgehead atoms. The fourth-order valence-electron chi connectivity index (χ4n) is 4.11. The molecule has 0 aliphatic carbocycles. The van der Waals surface area contributed by atoms with Gasteiger partial charge in [0.15, 0.2) is 0 Å². The van der Waals surface area contributed by atoms with Gasteiger partial charge in [0.2, 0.25) is 5.91 Å². The number of nitrogens with zero attached hydrogens (tertiary/aromatic N) is 1. The van der Waals surface area contributed by atoms with Gasteiger partial charge in [0.05, 0.1) is 18.0 Å². The molecule has 2 aromatic carbocycles. The Morgan fingerprint density at radius 1 is 1.03 bits per heavy atom. The van der Waals surface area contributed by atoms with E-state index in [4.69, 9.17) is 5.11 Å². The molecule has 0 radical (unpaired) electrons. The van der Waals surface area contributed by atoms with E-state index in [1.807, 2.05) is 0 Å². The number of anilines is 1. The molecule has 1 saturated heterocycles. The smallest absolute Gasteiger partial charge is 0.335 e. The number of hydrogen-bond donors (Lipinski definition) is 2. The van der Waals surface area contributed by atoms with Crippen LogP contribution in [-0.2, 0) is 11.2 Å². The molecule has 160 valence electrons. The maximum atomic E-state index is 12.8. The quantitative estimate of drug-likeness (QED) is 0.615. The lowest BCUT2D eigenvalue weighted by atomic mass is 9.97. The van der Waals surface area contributed by atoms with Crippen molar-refractivity contribution < 1.29 is 14.7 Å². The summed E-state index contributed by atoms with van der Waals surface area (Å²) in [5.41, 5.74) is 3.48. The first kappa shape index (κ1) is 21.9. The average Bonchev–Trinajstić information content (AvgIpc) is 2.77. The van der Waals surface area contributed by atoms with E-state index in [-0.39, 0.29) is 23.9 Å². The summed E-state index contributed by atoms with van der Waals surface area (Å²) in [6.45, 7) is 4.31. The zero-order valence-electron chi connectivity index (χ0n) is 17.8. The van der Waals surface area contributed by atoms with Crippen molar-refractivity contribution in [1.82, 2.24) is 5.32 Å². The van der Waals surface area contributed by atoms with Gasteiger partial charge in [0.1, 0.15) is 0 Å². The lowest BCUT2D eigenvalue weighted by Gasteiger charge is -2.33. The molecule has 0 spiro atoms. The number of para-hydroxylation sites is 1. The van der Waals surface area contributed by atoms with Gasteiger partial charge in [0, 0.05) is 18.8 Å². The number of carbonyl (C=O) groups is 2. The first-order valence-corrected chi connectivity index (χ1v) is 11.0. The maximum absolute atomic E-state index is 12.8. The zero-order valence-corrected chi connectivity index (χ0v) is 17.8. The van der Waals surface area contributed by atoms with E-state index in [1.165, 1.54) is 30.5 Å². The van der Waals surface area contributed by atoms with E-state index < -0.39 is 5.97 Å². The number of benzene rings is 2. The van der Waals surface area contributed by atoms with Crippen molar-refractivity contribution in [3.63, 3.8) is 0 Å². The Hall–Kier alpha value is -2.82. The number of rotatable bonds is 9. The Morgan fingerprint density at radius 3 is 2.40 bits per heavy atom. The Balaban J connectivity index is 1.74. The molecule has 1 aliphatic heterocycles. The van der Waals surface area contributed by atoms with Crippen molar-refractivity contribution in [3.05, 3.63) is 65.2 Å². The van der Waals surface area contributed by atoms with Crippen molar-refractivity contribution in [2.45, 2.75) is 57.9 Å². The molecule has 1 fully saturated rings. The molecule has 1 amide bonds. The van der Waals surface area contributed by atoms with Gasteiger partial charge in [0.25, 0.3) is 0 Å². The minimum Gasteiger partial charge on any atom is -0.478 e. The van der Waals surface area contributed by atoms with E-state index in [9.17, 15) is 9.59 Å². The normalized spacial score (nSPS) is 14.9. The Labute approximate surface area is 179 Å². The molecule has 2 aromatic rings. The highest BCUT2D eigenvalue weighted by atomic mass is 16.4. The van der Waals surface area contributed by atoms with Crippen LogP contribution in [0.5, 0.6) is 0 Å². The summed E-state index contributed by atoms with van der Waals surface area (Å²) >= 11 is 0. The summed E-state index contributed by atoms with van der Waals surface area (Å²) in [6.07, 6.45) is 7.00. The number of carboxylic acid groups (broad SMARTS) is 1. The van der Waals surface area contributed by atoms with Crippen molar-refractivity contribution in [1.29, 1.82) is 0 Å². The third-order valence-electron chi connectivity index (χ3n) is 5.76. The van der Waals surface area contributed by atoms with E-state index in [0.717, 1.165) is 37.9 Å². The standard InChI is InChI=1S/C25H32N2O3/c1-2-3-10-22(21-9-5-6-11-23(21)27-16-7-4-8-17-27)26-24(28)18-19-12-14-20(15-13-19)25(29)30/h5-6,9,11-15,22H,2-4,7-8,10,16-18H2,1H3,(H,26,28)(H,29,30). The van der Waals surface area contributed by atoms with E-state index in [0.29, 0.717) is 0 Å². The molecule has 0 saturated carbocycles. The monoisotopic (exact) mass is 408 g/mol. The highest BCUT2D eigenvalue weighted by Gasteiger charge is 2.21. The predicted octanol–water partition coefficient (Wildman–Crippen LogP) is 4.97. The molecule has 1 atom stereocenters. The molecular weight excluding hydrogens is 376 g/mol.